The van der Waals surface area contributed by atoms with Crippen molar-refractivity contribution in [2.45, 2.75) is 103 Å². The number of aliphatic carboxylic acids is 1. The first-order chi connectivity index (χ1) is 14.9. The van der Waals surface area contributed by atoms with Crippen LogP contribution < -0.4 is 22.1 Å². The van der Waals surface area contributed by atoms with Crippen LogP contribution in [0.1, 0.15) is 96.8 Å². The van der Waals surface area contributed by atoms with Crippen molar-refractivity contribution >= 4 is 23.7 Å². The summed E-state index contributed by atoms with van der Waals surface area (Å²) in [5.41, 5.74) is 10.4. The third kappa shape index (κ3) is 19.4. The molecule has 0 fully saturated rings. The van der Waals surface area contributed by atoms with Gasteiger partial charge in [-0.2, -0.15) is 0 Å². The van der Waals surface area contributed by atoms with Crippen LogP contribution in [0.4, 0.5) is 0 Å². The first kappa shape index (κ1) is 28.7. The highest BCUT2D eigenvalue weighted by Gasteiger charge is 2.19. The first-order valence-electron chi connectivity index (χ1n) is 11.7. The minimum Gasteiger partial charge on any atom is -0.480 e. The molecule has 9 heteroatoms. The summed E-state index contributed by atoms with van der Waals surface area (Å²) in [5, 5.41) is 14.1. The highest BCUT2D eigenvalue weighted by molar-refractivity contribution is 5.87. The van der Waals surface area contributed by atoms with Crippen LogP contribution in [0.3, 0.4) is 0 Å². The minimum atomic E-state index is -1.13. The average Bonchev–Trinajstić information content (AvgIpc) is 2.72. The summed E-state index contributed by atoms with van der Waals surface area (Å²) in [7, 11) is 0. The molecule has 0 saturated carbocycles. The lowest BCUT2D eigenvalue weighted by atomic mass is 10.1. The van der Waals surface area contributed by atoms with Gasteiger partial charge in [0, 0.05) is 13.0 Å². The predicted molar refractivity (Wildman–Crippen MR) is 124 cm³/mol. The lowest BCUT2D eigenvalue weighted by Crippen LogP contribution is -2.45. The molecule has 0 radical (unpaired) electrons. The standard InChI is InChI=1S/C22H43N5O4/c1-2-3-4-5-6-7-8-9-10-11-12-15-19(28)26-17-20(29)27-18(21(30)31)14-13-16-25-22(23)24/h18H,2-17H2,1H3,(H,26,28)(H,27,29)(H,30,31)(H4,23,24,25)/t18-/m0/s1. The van der Waals surface area contributed by atoms with Crippen molar-refractivity contribution in [3.8, 4) is 0 Å². The molecule has 0 spiro atoms. The highest BCUT2D eigenvalue weighted by Crippen LogP contribution is 2.11. The smallest absolute Gasteiger partial charge is 0.326 e. The Hall–Kier alpha value is -2.32. The quantitative estimate of drug-likeness (QED) is 0.111. The number of carbonyl (C=O) groups excluding carboxylic acids is 2. The van der Waals surface area contributed by atoms with E-state index in [2.05, 4.69) is 22.5 Å². The van der Waals surface area contributed by atoms with Crippen molar-refractivity contribution in [1.29, 1.82) is 0 Å². The van der Waals surface area contributed by atoms with E-state index in [0.29, 0.717) is 12.8 Å². The Morgan fingerprint density at radius 2 is 1.39 bits per heavy atom. The van der Waals surface area contributed by atoms with Gasteiger partial charge in [-0.3, -0.25) is 14.6 Å². The molecule has 0 rings (SSSR count). The fourth-order valence-corrected chi connectivity index (χ4v) is 3.22. The van der Waals surface area contributed by atoms with Crippen LogP contribution in [-0.2, 0) is 14.4 Å². The maximum Gasteiger partial charge on any atom is 0.326 e. The fourth-order valence-electron chi connectivity index (χ4n) is 3.22. The Bertz CT molecular complexity index is 536. The van der Waals surface area contributed by atoms with Gasteiger partial charge < -0.3 is 27.2 Å². The Labute approximate surface area is 186 Å². The maximum absolute atomic E-state index is 11.9. The van der Waals surface area contributed by atoms with E-state index in [4.69, 9.17) is 11.5 Å². The molecule has 0 aliphatic heterocycles. The molecule has 1 atom stereocenters. The molecule has 31 heavy (non-hydrogen) atoms. The van der Waals surface area contributed by atoms with E-state index in [9.17, 15) is 19.5 Å². The second-order valence-corrected chi connectivity index (χ2v) is 7.97. The molecule has 0 aromatic rings. The molecule has 0 aliphatic rings. The molecule has 7 N–H and O–H groups in total. The second kappa shape index (κ2) is 19.6. The van der Waals surface area contributed by atoms with Gasteiger partial charge in [0.25, 0.3) is 0 Å². The van der Waals surface area contributed by atoms with E-state index < -0.39 is 17.9 Å². The lowest BCUT2D eigenvalue weighted by Gasteiger charge is -2.14. The summed E-state index contributed by atoms with van der Waals surface area (Å²) in [4.78, 5) is 38.8. The van der Waals surface area contributed by atoms with Gasteiger partial charge in [0.2, 0.25) is 11.8 Å². The molecule has 0 heterocycles. The summed E-state index contributed by atoms with van der Waals surface area (Å²) in [6.07, 6.45) is 14.3. The number of amides is 2. The zero-order chi connectivity index (χ0) is 23.3. The van der Waals surface area contributed by atoms with E-state index in [1.165, 1.54) is 51.4 Å². The van der Waals surface area contributed by atoms with Crippen molar-refractivity contribution in [1.82, 2.24) is 10.6 Å². The van der Waals surface area contributed by atoms with Gasteiger partial charge in [0.15, 0.2) is 5.96 Å². The number of carboxylic acid groups (broad SMARTS) is 1. The Balaban J connectivity index is 3.75. The zero-order valence-electron chi connectivity index (χ0n) is 19.2. The van der Waals surface area contributed by atoms with Crippen molar-refractivity contribution in [2.24, 2.45) is 16.5 Å². The number of aliphatic imine (C=N–C) groups is 1. The molecular formula is C22H43N5O4. The number of hydrogen-bond acceptors (Lipinski definition) is 4. The molecular weight excluding hydrogens is 398 g/mol. The van der Waals surface area contributed by atoms with Gasteiger partial charge in [-0.15, -0.1) is 0 Å². The topological polar surface area (TPSA) is 160 Å². The van der Waals surface area contributed by atoms with Gasteiger partial charge >= 0.3 is 5.97 Å². The summed E-state index contributed by atoms with van der Waals surface area (Å²) in [6.45, 7) is 2.29. The number of hydrogen-bond donors (Lipinski definition) is 5. The molecule has 0 aromatic carbocycles. The monoisotopic (exact) mass is 441 g/mol. The third-order valence-corrected chi connectivity index (χ3v) is 5.03. The number of nitrogens with zero attached hydrogens (tertiary/aromatic N) is 1. The molecule has 180 valence electrons. The van der Waals surface area contributed by atoms with Gasteiger partial charge in [-0.25, -0.2) is 4.79 Å². The van der Waals surface area contributed by atoms with Gasteiger partial charge in [0.1, 0.15) is 6.04 Å². The zero-order valence-corrected chi connectivity index (χ0v) is 19.2. The highest BCUT2D eigenvalue weighted by atomic mass is 16.4. The predicted octanol–water partition coefficient (Wildman–Crippen LogP) is 2.43. The number of carbonyl (C=O) groups is 3. The van der Waals surface area contributed by atoms with Crippen LogP contribution in [-0.4, -0.2) is 48.0 Å². The van der Waals surface area contributed by atoms with Crippen molar-refractivity contribution < 1.29 is 19.5 Å². The molecule has 0 aliphatic carbocycles. The number of nitrogens with one attached hydrogen (secondary N) is 2. The van der Waals surface area contributed by atoms with Crippen LogP contribution in [0.25, 0.3) is 0 Å². The van der Waals surface area contributed by atoms with Gasteiger partial charge in [-0.1, -0.05) is 71.1 Å². The van der Waals surface area contributed by atoms with Crippen molar-refractivity contribution in [2.75, 3.05) is 13.1 Å². The number of nitrogens with two attached hydrogens (primary N) is 2. The average molecular weight is 442 g/mol. The van der Waals surface area contributed by atoms with Gasteiger partial charge in [0.05, 0.1) is 6.54 Å². The maximum atomic E-state index is 11.9. The molecule has 0 aromatic heterocycles. The molecule has 0 unspecified atom stereocenters. The van der Waals surface area contributed by atoms with E-state index in [1.54, 1.807) is 0 Å². The summed E-state index contributed by atoms with van der Waals surface area (Å²) in [5.74, 6) is -1.91. The Morgan fingerprint density at radius 1 is 0.839 bits per heavy atom. The number of guanidine groups is 1. The van der Waals surface area contributed by atoms with Crippen molar-refractivity contribution in [3.63, 3.8) is 0 Å². The Kier molecular flexibility index (Phi) is 18.2. The van der Waals surface area contributed by atoms with Crippen LogP contribution >= 0.6 is 0 Å². The first-order valence-corrected chi connectivity index (χ1v) is 11.7. The number of unbranched alkanes of at least 4 members (excludes halogenated alkanes) is 10. The molecule has 0 bridgehead atoms. The largest absolute Gasteiger partial charge is 0.480 e. The van der Waals surface area contributed by atoms with Crippen molar-refractivity contribution in [3.05, 3.63) is 0 Å². The van der Waals surface area contributed by atoms with Gasteiger partial charge in [-0.05, 0) is 19.3 Å². The summed E-state index contributed by atoms with van der Waals surface area (Å²) < 4.78 is 0. The minimum absolute atomic E-state index is 0.0589. The summed E-state index contributed by atoms with van der Waals surface area (Å²) >= 11 is 0. The lowest BCUT2D eigenvalue weighted by molar-refractivity contribution is -0.141. The molecule has 2 amide bonds. The van der Waals surface area contributed by atoms with Crippen LogP contribution in [0.2, 0.25) is 0 Å². The van der Waals surface area contributed by atoms with Crippen LogP contribution in [0.15, 0.2) is 4.99 Å². The van der Waals surface area contributed by atoms with E-state index in [-0.39, 0.29) is 31.4 Å². The van der Waals surface area contributed by atoms with E-state index in [0.717, 1.165) is 19.3 Å². The SMILES string of the molecule is CCCCCCCCCCCCCC(=O)NCC(=O)N[C@@H](CCCN=C(N)N)C(=O)O. The number of carboxylic acids is 1. The number of rotatable bonds is 20. The molecule has 0 saturated heterocycles. The Morgan fingerprint density at radius 3 is 1.90 bits per heavy atom. The third-order valence-electron chi connectivity index (χ3n) is 5.03. The van der Waals surface area contributed by atoms with E-state index in [1.807, 2.05) is 0 Å². The van der Waals surface area contributed by atoms with E-state index >= 15 is 0 Å². The second-order valence-electron chi connectivity index (χ2n) is 7.97. The molecule has 9 nitrogen and oxygen atoms in total. The van der Waals surface area contributed by atoms with Crippen LogP contribution in [0.5, 0.6) is 0 Å². The van der Waals surface area contributed by atoms with Crippen LogP contribution in [0, 0.1) is 0 Å². The normalized spacial score (nSPS) is 11.5. The fraction of sp³-hybridized carbons (Fsp3) is 0.818. The summed E-state index contributed by atoms with van der Waals surface area (Å²) in [6, 6.07) is -1.04.